The topological polar surface area (TPSA) is 74.6 Å². The Labute approximate surface area is 166 Å². The van der Waals surface area contributed by atoms with E-state index in [4.69, 9.17) is 0 Å². The molecule has 0 aliphatic heterocycles. The molecule has 4 nitrogen and oxygen atoms in total. The number of carboxylic acid groups (broad SMARTS) is 2. The minimum atomic E-state index is -1.01. The molecule has 0 amide bonds. The molecule has 2 N–H and O–H groups in total. The van der Waals surface area contributed by atoms with Gasteiger partial charge in [0.05, 0.1) is 11.1 Å². The Morgan fingerprint density at radius 2 is 1.48 bits per heavy atom. The third-order valence-electron chi connectivity index (χ3n) is 5.59. The van der Waals surface area contributed by atoms with Gasteiger partial charge in [-0.05, 0) is 62.5 Å². The molecule has 0 fully saturated rings. The van der Waals surface area contributed by atoms with E-state index in [9.17, 15) is 19.8 Å². The van der Waals surface area contributed by atoms with Crippen LogP contribution in [0.1, 0.15) is 43.3 Å². The Hall–Kier alpha value is -3.92. The monoisotopic (exact) mass is 380 g/mol. The van der Waals surface area contributed by atoms with Gasteiger partial charge >= 0.3 is 11.9 Å². The second-order valence-corrected chi connectivity index (χ2v) is 7.24. The van der Waals surface area contributed by atoms with Crippen LogP contribution in [-0.4, -0.2) is 22.2 Å². The number of rotatable bonds is 3. The van der Waals surface area contributed by atoms with Crippen molar-refractivity contribution in [2.75, 3.05) is 0 Å². The smallest absolute Gasteiger partial charge is 0.335 e. The van der Waals surface area contributed by atoms with Crippen LogP contribution in [0.2, 0.25) is 0 Å². The van der Waals surface area contributed by atoms with Crippen LogP contribution in [0.25, 0.3) is 27.6 Å². The average molecular weight is 380 g/mol. The Morgan fingerprint density at radius 1 is 0.724 bits per heavy atom. The largest absolute Gasteiger partial charge is 0.478 e. The standard InChI is InChI=1S/C25H16O4/c26-24(27)17-8-7-16-11-18(25(28)29)13-22(21(16)12-17)19-10-9-15-4-1-3-14-5-2-6-20(19)23(14)15/h1-13,19H,(H,26,27)(H,28,29). The lowest BCUT2D eigenvalue weighted by Crippen LogP contribution is -2.07. The molecular weight excluding hydrogens is 364 g/mol. The van der Waals surface area contributed by atoms with Gasteiger partial charge in [-0.2, -0.15) is 0 Å². The number of carboxylic acids is 2. The molecule has 1 atom stereocenters. The van der Waals surface area contributed by atoms with E-state index in [1.54, 1.807) is 24.3 Å². The Morgan fingerprint density at radius 3 is 2.24 bits per heavy atom. The molecule has 4 aromatic carbocycles. The van der Waals surface area contributed by atoms with E-state index in [1.165, 1.54) is 6.07 Å². The van der Waals surface area contributed by atoms with Gasteiger partial charge < -0.3 is 10.2 Å². The highest BCUT2D eigenvalue weighted by Gasteiger charge is 2.23. The molecule has 1 aliphatic rings. The zero-order valence-electron chi connectivity index (χ0n) is 15.3. The summed E-state index contributed by atoms with van der Waals surface area (Å²) < 4.78 is 0. The molecule has 4 heteroatoms. The molecule has 1 aliphatic carbocycles. The fourth-order valence-corrected chi connectivity index (χ4v) is 4.27. The maximum atomic E-state index is 11.7. The SMILES string of the molecule is O=C(O)c1cc(C2C=Cc3cccc4cccc2c34)c2cc(C(=O)O)ccc2c1. The number of hydrogen-bond donors (Lipinski definition) is 2. The zero-order chi connectivity index (χ0) is 20.1. The first kappa shape index (κ1) is 17.2. The van der Waals surface area contributed by atoms with Crippen LogP contribution in [0.4, 0.5) is 0 Å². The second kappa shape index (κ2) is 6.31. The lowest BCUT2D eigenvalue weighted by molar-refractivity contribution is 0.0686. The van der Waals surface area contributed by atoms with Crippen molar-refractivity contribution in [1.29, 1.82) is 0 Å². The van der Waals surface area contributed by atoms with Crippen molar-refractivity contribution in [3.05, 3.63) is 101 Å². The van der Waals surface area contributed by atoms with Gasteiger partial charge in [0.2, 0.25) is 0 Å². The third kappa shape index (κ3) is 2.69. The van der Waals surface area contributed by atoms with Crippen LogP contribution in [0.15, 0.2) is 72.8 Å². The van der Waals surface area contributed by atoms with Crippen molar-refractivity contribution >= 4 is 39.6 Å². The number of aromatic carboxylic acids is 2. The van der Waals surface area contributed by atoms with E-state index in [-0.39, 0.29) is 17.0 Å². The molecule has 0 aromatic heterocycles. The minimum Gasteiger partial charge on any atom is -0.478 e. The highest BCUT2D eigenvalue weighted by Crippen LogP contribution is 2.41. The van der Waals surface area contributed by atoms with E-state index in [1.807, 2.05) is 12.1 Å². The van der Waals surface area contributed by atoms with E-state index in [0.29, 0.717) is 5.39 Å². The van der Waals surface area contributed by atoms with Crippen molar-refractivity contribution in [2.45, 2.75) is 5.92 Å². The fraction of sp³-hybridized carbons (Fsp3) is 0.0400. The number of allylic oxidation sites excluding steroid dienone is 1. The molecule has 5 rings (SSSR count). The first-order chi connectivity index (χ1) is 14.0. The number of benzene rings is 4. The van der Waals surface area contributed by atoms with Crippen LogP contribution < -0.4 is 0 Å². The molecule has 140 valence electrons. The van der Waals surface area contributed by atoms with Crippen LogP contribution in [-0.2, 0) is 0 Å². The van der Waals surface area contributed by atoms with E-state index >= 15 is 0 Å². The summed E-state index contributed by atoms with van der Waals surface area (Å²) in [5, 5.41) is 22.8. The summed E-state index contributed by atoms with van der Waals surface area (Å²) in [5.74, 6) is -2.18. The lowest BCUT2D eigenvalue weighted by Gasteiger charge is -2.23. The third-order valence-corrected chi connectivity index (χ3v) is 5.59. The first-order valence-electron chi connectivity index (χ1n) is 9.27. The summed E-state index contributed by atoms with van der Waals surface area (Å²) in [4.78, 5) is 23.2. The Kier molecular flexibility index (Phi) is 3.74. The van der Waals surface area contributed by atoms with Crippen LogP contribution in [0, 0.1) is 0 Å². The number of carbonyl (C=O) groups is 2. The average Bonchev–Trinajstić information content (AvgIpc) is 2.73. The normalized spacial score (nSPS) is 15.0. The quantitative estimate of drug-likeness (QED) is 0.489. The second-order valence-electron chi connectivity index (χ2n) is 7.24. The number of hydrogen-bond acceptors (Lipinski definition) is 2. The van der Waals surface area contributed by atoms with Gasteiger partial charge in [0.15, 0.2) is 0 Å². The van der Waals surface area contributed by atoms with Gasteiger partial charge in [0.25, 0.3) is 0 Å². The van der Waals surface area contributed by atoms with E-state index in [0.717, 1.165) is 32.8 Å². The molecular formula is C25H16O4. The van der Waals surface area contributed by atoms with Crippen LogP contribution in [0.3, 0.4) is 0 Å². The van der Waals surface area contributed by atoms with E-state index in [2.05, 4.69) is 36.4 Å². The van der Waals surface area contributed by atoms with Crippen molar-refractivity contribution in [2.24, 2.45) is 0 Å². The Bertz CT molecular complexity index is 1360. The summed E-state index contributed by atoms with van der Waals surface area (Å²) in [5.41, 5.74) is 3.38. The van der Waals surface area contributed by atoms with Gasteiger partial charge in [-0.1, -0.05) is 54.6 Å². The number of fused-ring (bicyclic) bond motifs is 1. The zero-order valence-corrected chi connectivity index (χ0v) is 15.3. The summed E-state index contributed by atoms with van der Waals surface area (Å²) >= 11 is 0. The molecule has 0 radical (unpaired) electrons. The van der Waals surface area contributed by atoms with Gasteiger partial charge in [0.1, 0.15) is 0 Å². The molecule has 0 bridgehead atoms. The minimum absolute atomic E-state index is 0.167. The Balaban J connectivity index is 1.84. The molecule has 0 saturated carbocycles. The molecule has 0 saturated heterocycles. The highest BCUT2D eigenvalue weighted by atomic mass is 16.4. The first-order valence-corrected chi connectivity index (χ1v) is 9.27. The van der Waals surface area contributed by atoms with Crippen molar-refractivity contribution in [1.82, 2.24) is 0 Å². The van der Waals surface area contributed by atoms with Gasteiger partial charge in [-0.3, -0.25) is 0 Å². The fourth-order valence-electron chi connectivity index (χ4n) is 4.27. The predicted octanol–water partition coefficient (Wildman–Crippen LogP) is 5.55. The maximum Gasteiger partial charge on any atom is 0.335 e. The van der Waals surface area contributed by atoms with Gasteiger partial charge in [-0.25, -0.2) is 9.59 Å². The van der Waals surface area contributed by atoms with E-state index < -0.39 is 11.9 Å². The molecule has 1 unspecified atom stereocenters. The molecule has 29 heavy (non-hydrogen) atoms. The van der Waals surface area contributed by atoms with Crippen LogP contribution in [0.5, 0.6) is 0 Å². The van der Waals surface area contributed by atoms with Crippen molar-refractivity contribution < 1.29 is 19.8 Å². The highest BCUT2D eigenvalue weighted by molar-refractivity contribution is 6.02. The molecule has 0 heterocycles. The van der Waals surface area contributed by atoms with Crippen LogP contribution >= 0.6 is 0 Å². The molecule has 0 spiro atoms. The van der Waals surface area contributed by atoms with Crippen molar-refractivity contribution in [3.63, 3.8) is 0 Å². The van der Waals surface area contributed by atoms with Crippen molar-refractivity contribution in [3.8, 4) is 0 Å². The maximum absolute atomic E-state index is 11.7. The van der Waals surface area contributed by atoms with Gasteiger partial charge in [0, 0.05) is 5.92 Å². The lowest BCUT2D eigenvalue weighted by atomic mass is 9.80. The summed E-state index contributed by atoms with van der Waals surface area (Å²) in [6.45, 7) is 0. The predicted molar refractivity (Wildman–Crippen MR) is 113 cm³/mol. The molecule has 4 aromatic rings. The summed E-state index contributed by atoms with van der Waals surface area (Å²) in [7, 11) is 0. The summed E-state index contributed by atoms with van der Waals surface area (Å²) in [6.07, 6.45) is 4.12. The van der Waals surface area contributed by atoms with Gasteiger partial charge in [-0.15, -0.1) is 0 Å². The summed E-state index contributed by atoms with van der Waals surface area (Å²) in [6, 6.07) is 20.3.